The van der Waals surface area contributed by atoms with Crippen molar-refractivity contribution >= 4 is 35.1 Å². The first kappa shape index (κ1) is 14.6. The SMILES string of the molecule is Cl.NC1(C(=O)Nc2ccc3oc(=O)[nH]c3c2)CCCC1. The molecule has 108 valence electrons. The predicted octanol–water partition coefficient (Wildman–Crippen LogP) is 1.75. The van der Waals surface area contributed by atoms with Crippen LogP contribution < -0.4 is 16.8 Å². The van der Waals surface area contributed by atoms with Crippen LogP contribution in [0.2, 0.25) is 0 Å². The summed E-state index contributed by atoms with van der Waals surface area (Å²) in [5.74, 6) is -0.681. The van der Waals surface area contributed by atoms with E-state index in [1.54, 1.807) is 18.2 Å². The number of hydrogen-bond donors (Lipinski definition) is 3. The van der Waals surface area contributed by atoms with Gasteiger partial charge in [0.05, 0.1) is 11.1 Å². The Bertz CT molecular complexity index is 685. The number of rotatable bonds is 2. The van der Waals surface area contributed by atoms with Gasteiger partial charge in [-0.2, -0.15) is 0 Å². The second-order valence-electron chi connectivity index (χ2n) is 5.04. The monoisotopic (exact) mass is 297 g/mol. The maximum atomic E-state index is 12.1. The molecule has 0 spiro atoms. The molecule has 0 saturated heterocycles. The van der Waals surface area contributed by atoms with E-state index < -0.39 is 11.3 Å². The molecule has 4 N–H and O–H groups in total. The van der Waals surface area contributed by atoms with Gasteiger partial charge in [-0.05, 0) is 31.0 Å². The molecule has 0 aliphatic heterocycles. The van der Waals surface area contributed by atoms with E-state index in [0.717, 1.165) is 12.8 Å². The lowest BCUT2D eigenvalue weighted by Crippen LogP contribution is -2.48. The van der Waals surface area contributed by atoms with Gasteiger partial charge in [0.1, 0.15) is 0 Å². The number of H-pyrrole nitrogens is 1. The van der Waals surface area contributed by atoms with E-state index in [2.05, 4.69) is 10.3 Å². The highest BCUT2D eigenvalue weighted by Gasteiger charge is 2.36. The van der Waals surface area contributed by atoms with Crippen LogP contribution in [0.4, 0.5) is 5.69 Å². The number of carbonyl (C=O) groups is 1. The summed E-state index contributed by atoms with van der Waals surface area (Å²) in [5, 5.41) is 2.80. The van der Waals surface area contributed by atoms with Gasteiger partial charge in [-0.25, -0.2) is 4.79 Å². The molecule has 1 amide bonds. The third kappa shape index (κ3) is 2.57. The average molecular weight is 298 g/mol. The Hall–Kier alpha value is -1.79. The Balaban J connectivity index is 0.00000147. The van der Waals surface area contributed by atoms with E-state index in [1.807, 2.05) is 0 Å². The van der Waals surface area contributed by atoms with Gasteiger partial charge in [-0.1, -0.05) is 12.8 Å². The zero-order chi connectivity index (χ0) is 13.5. The number of nitrogens with one attached hydrogen (secondary N) is 2. The molecule has 1 heterocycles. The Kier molecular flexibility index (Phi) is 3.87. The second kappa shape index (κ2) is 5.30. The molecule has 2 aromatic rings. The van der Waals surface area contributed by atoms with Gasteiger partial charge in [-0.15, -0.1) is 12.4 Å². The molecule has 1 fully saturated rings. The third-order valence-electron chi connectivity index (χ3n) is 3.62. The predicted molar refractivity (Wildman–Crippen MR) is 78.1 cm³/mol. The minimum atomic E-state index is -0.765. The van der Waals surface area contributed by atoms with Gasteiger partial charge in [0.15, 0.2) is 5.58 Å². The number of nitrogens with two attached hydrogens (primary N) is 1. The molecule has 1 aliphatic rings. The lowest BCUT2D eigenvalue weighted by Gasteiger charge is -2.22. The first-order chi connectivity index (χ1) is 9.07. The summed E-state index contributed by atoms with van der Waals surface area (Å²) in [6.45, 7) is 0. The zero-order valence-corrected chi connectivity index (χ0v) is 11.6. The van der Waals surface area contributed by atoms with Crippen molar-refractivity contribution in [2.45, 2.75) is 31.2 Å². The van der Waals surface area contributed by atoms with Crippen molar-refractivity contribution in [3.8, 4) is 0 Å². The van der Waals surface area contributed by atoms with Crippen LogP contribution in [0.5, 0.6) is 0 Å². The summed E-state index contributed by atoms with van der Waals surface area (Å²) < 4.78 is 4.90. The number of amides is 1. The summed E-state index contributed by atoms with van der Waals surface area (Å²) >= 11 is 0. The summed E-state index contributed by atoms with van der Waals surface area (Å²) in [4.78, 5) is 25.7. The Labute approximate surface area is 121 Å². The molecule has 1 aliphatic carbocycles. The van der Waals surface area contributed by atoms with Crippen LogP contribution in [0.3, 0.4) is 0 Å². The van der Waals surface area contributed by atoms with Crippen molar-refractivity contribution in [2.24, 2.45) is 5.73 Å². The molecule has 1 aromatic heterocycles. The molecule has 7 heteroatoms. The number of anilines is 1. The van der Waals surface area contributed by atoms with Crippen LogP contribution in [-0.2, 0) is 4.79 Å². The van der Waals surface area contributed by atoms with Crippen molar-refractivity contribution < 1.29 is 9.21 Å². The van der Waals surface area contributed by atoms with Crippen LogP contribution in [0.25, 0.3) is 11.1 Å². The Morgan fingerprint density at radius 2 is 2.05 bits per heavy atom. The number of benzene rings is 1. The number of aromatic nitrogens is 1. The first-order valence-corrected chi connectivity index (χ1v) is 6.30. The zero-order valence-electron chi connectivity index (χ0n) is 10.8. The number of halogens is 1. The largest absolute Gasteiger partial charge is 0.417 e. The van der Waals surface area contributed by atoms with Gasteiger partial charge >= 0.3 is 5.76 Å². The Morgan fingerprint density at radius 3 is 2.75 bits per heavy atom. The molecule has 20 heavy (non-hydrogen) atoms. The highest BCUT2D eigenvalue weighted by molar-refractivity contribution is 5.99. The Morgan fingerprint density at radius 1 is 1.35 bits per heavy atom. The lowest BCUT2D eigenvalue weighted by atomic mass is 9.98. The lowest BCUT2D eigenvalue weighted by molar-refractivity contribution is -0.121. The minimum Gasteiger partial charge on any atom is -0.408 e. The standard InChI is InChI=1S/C13H15N3O3.ClH/c14-13(5-1-2-6-13)11(17)15-8-3-4-10-9(7-8)16-12(18)19-10;/h3-4,7H,1-2,5-6,14H2,(H,15,17)(H,16,18);1H. The highest BCUT2D eigenvalue weighted by atomic mass is 35.5. The minimum absolute atomic E-state index is 0. The van der Waals surface area contributed by atoms with Crippen LogP contribution in [0, 0.1) is 0 Å². The number of fused-ring (bicyclic) bond motifs is 1. The van der Waals surface area contributed by atoms with Crippen LogP contribution in [0.15, 0.2) is 27.4 Å². The highest BCUT2D eigenvalue weighted by Crippen LogP contribution is 2.28. The van der Waals surface area contributed by atoms with Gasteiger partial charge < -0.3 is 15.5 Å². The summed E-state index contributed by atoms with van der Waals surface area (Å²) in [7, 11) is 0. The topological polar surface area (TPSA) is 101 Å². The molecule has 0 bridgehead atoms. The van der Waals surface area contributed by atoms with Gasteiger partial charge in [0, 0.05) is 5.69 Å². The van der Waals surface area contributed by atoms with Crippen molar-refractivity contribution in [2.75, 3.05) is 5.32 Å². The maximum absolute atomic E-state index is 12.1. The van der Waals surface area contributed by atoms with Gasteiger partial charge in [-0.3, -0.25) is 9.78 Å². The number of carbonyl (C=O) groups excluding carboxylic acids is 1. The van der Waals surface area contributed by atoms with Crippen molar-refractivity contribution in [3.63, 3.8) is 0 Å². The van der Waals surface area contributed by atoms with Gasteiger partial charge in [0.25, 0.3) is 0 Å². The normalized spacial score (nSPS) is 16.9. The van der Waals surface area contributed by atoms with Crippen LogP contribution in [-0.4, -0.2) is 16.4 Å². The molecule has 1 saturated carbocycles. The second-order valence-corrected chi connectivity index (χ2v) is 5.04. The van der Waals surface area contributed by atoms with E-state index in [1.165, 1.54) is 0 Å². The van der Waals surface area contributed by atoms with Crippen molar-refractivity contribution in [1.82, 2.24) is 4.98 Å². The quantitative estimate of drug-likeness (QED) is 0.786. The van der Waals surface area contributed by atoms with E-state index in [4.69, 9.17) is 10.2 Å². The van der Waals surface area contributed by atoms with E-state index in [0.29, 0.717) is 29.6 Å². The molecule has 3 rings (SSSR count). The first-order valence-electron chi connectivity index (χ1n) is 6.30. The van der Waals surface area contributed by atoms with E-state index in [-0.39, 0.29) is 18.3 Å². The smallest absolute Gasteiger partial charge is 0.408 e. The summed E-state index contributed by atoms with van der Waals surface area (Å²) in [6, 6.07) is 4.99. The van der Waals surface area contributed by atoms with Crippen LogP contribution in [0.1, 0.15) is 25.7 Å². The molecular formula is C13H16ClN3O3. The fourth-order valence-electron chi connectivity index (χ4n) is 2.52. The number of aromatic amines is 1. The maximum Gasteiger partial charge on any atom is 0.417 e. The van der Waals surface area contributed by atoms with Crippen LogP contribution >= 0.6 is 12.4 Å². The van der Waals surface area contributed by atoms with Crippen molar-refractivity contribution in [3.05, 3.63) is 28.7 Å². The summed E-state index contributed by atoms with van der Waals surface area (Å²) in [6.07, 6.45) is 3.39. The molecular weight excluding hydrogens is 282 g/mol. The average Bonchev–Trinajstić information content (AvgIpc) is 2.95. The fourth-order valence-corrected chi connectivity index (χ4v) is 2.52. The van der Waals surface area contributed by atoms with Crippen molar-refractivity contribution in [1.29, 1.82) is 0 Å². The summed E-state index contributed by atoms with van der Waals surface area (Å²) in [5.41, 5.74) is 6.94. The third-order valence-corrected chi connectivity index (χ3v) is 3.62. The van der Waals surface area contributed by atoms with E-state index in [9.17, 15) is 9.59 Å². The number of oxazole rings is 1. The molecule has 0 unspecified atom stereocenters. The van der Waals surface area contributed by atoms with E-state index >= 15 is 0 Å². The molecule has 6 nitrogen and oxygen atoms in total. The number of hydrogen-bond acceptors (Lipinski definition) is 4. The molecule has 1 aromatic carbocycles. The fraction of sp³-hybridized carbons (Fsp3) is 0.385. The molecule has 0 atom stereocenters. The van der Waals surface area contributed by atoms with Gasteiger partial charge in [0.2, 0.25) is 5.91 Å². The molecule has 0 radical (unpaired) electrons.